The SMILES string of the molecule is Cc1cc(NC(=O)C(=O)NCc2ccccc2)n(-c2nc(C(C)C)cc(=O)[nH]2)n1. The molecule has 2 amide bonds. The molecule has 3 aromatic rings. The molecule has 1 aromatic carbocycles. The Morgan fingerprint density at radius 1 is 1.14 bits per heavy atom. The first-order valence-corrected chi connectivity index (χ1v) is 9.15. The molecule has 0 unspecified atom stereocenters. The van der Waals surface area contributed by atoms with Crippen LogP contribution in [0.4, 0.5) is 5.82 Å². The van der Waals surface area contributed by atoms with Crippen molar-refractivity contribution < 1.29 is 9.59 Å². The second-order valence-corrected chi connectivity index (χ2v) is 6.85. The van der Waals surface area contributed by atoms with Crippen LogP contribution in [0, 0.1) is 6.92 Å². The Labute approximate surface area is 167 Å². The zero-order valence-corrected chi connectivity index (χ0v) is 16.4. The molecule has 0 aliphatic carbocycles. The fraction of sp³-hybridized carbons (Fsp3) is 0.250. The number of aromatic nitrogens is 4. The van der Waals surface area contributed by atoms with E-state index in [9.17, 15) is 14.4 Å². The summed E-state index contributed by atoms with van der Waals surface area (Å²) in [6, 6.07) is 12.3. The number of hydrogen-bond acceptors (Lipinski definition) is 5. The van der Waals surface area contributed by atoms with Crippen molar-refractivity contribution in [3.8, 4) is 5.95 Å². The van der Waals surface area contributed by atoms with Crippen LogP contribution >= 0.6 is 0 Å². The molecule has 150 valence electrons. The zero-order valence-electron chi connectivity index (χ0n) is 16.4. The largest absolute Gasteiger partial charge is 0.344 e. The van der Waals surface area contributed by atoms with Crippen molar-refractivity contribution in [2.45, 2.75) is 33.2 Å². The van der Waals surface area contributed by atoms with E-state index in [0.29, 0.717) is 11.4 Å². The summed E-state index contributed by atoms with van der Waals surface area (Å²) in [5.41, 5.74) is 1.73. The van der Waals surface area contributed by atoms with Gasteiger partial charge in [0.05, 0.1) is 11.4 Å². The predicted molar refractivity (Wildman–Crippen MR) is 108 cm³/mol. The lowest BCUT2D eigenvalue weighted by Crippen LogP contribution is -2.35. The lowest BCUT2D eigenvalue weighted by atomic mass is 10.1. The van der Waals surface area contributed by atoms with Gasteiger partial charge in [0.15, 0.2) is 0 Å². The molecule has 3 rings (SSSR count). The second-order valence-electron chi connectivity index (χ2n) is 6.85. The molecule has 0 spiro atoms. The van der Waals surface area contributed by atoms with Crippen molar-refractivity contribution in [2.75, 3.05) is 5.32 Å². The first kappa shape index (κ1) is 20.0. The summed E-state index contributed by atoms with van der Waals surface area (Å²) in [5.74, 6) is -1.20. The number of hydrogen-bond donors (Lipinski definition) is 3. The number of amides is 2. The number of rotatable bonds is 5. The first-order chi connectivity index (χ1) is 13.8. The highest BCUT2D eigenvalue weighted by atomic mass is 16.2. The summed E-state index contributed by atoms with van der Waals surface area (Å²) in [7, 11) is 0. The van der Waals surface area contributed by atoms with E-state index < -0.39 is 11.8 Å². The molecule has 0 saturated carbocycles. The van der Waals surface area contributed by atoms with Gasteiger partial charge in [0.1, 0.15) is 5.82 Å². The monoisotopic (exact) mass is 394 g/mol. The van der Waals surface area contributed by atoms with Gasteiger partial charge in [-0.05, 0) is 18.4 Å². The molecule has 2 heterocycles. The Balaban J connectivity index is 1.78. The highest BCUT2D eigenvalue weighted by Crippen LogP contribution is 2.16. The number of aromatic amines is 1. The molecule has 0 fully saturated rings. The van der Waals surface area contributed by atoms with Gasteiger partial charge in [-0.15, -0.1) is 0 Å². The van der Waals surface area contributed by atoms with Crippen molar-refractivity contribution >= 4 is 17.6 Å². The molecule has 0 aliphatic rings. The van der Waals surface area contributed by atoms with Crippen LogP contribution in [-0.2, 0) is 16.1 Å². The molecule has 0 atom stereocenters. The summed E-state index contributed by atoms with van der Waals surface area (Å²) in [6.45, 7) is 5.79. The van der Waals surface area contributed by atoms with Crippen molar-refractivity contribution in [3.05, 3.63) is 69.8 Å². The van der Waals surface area contributed by atoms with Crippen LogP contribution in [-0.4, -0.2) is 31.6 Å². The first-order valence-electron chi connectivity index (χ1n) is 9.15. The third-order valence-electron chi connectivity index (χ3n) is 4.12. The molecular formula is C20H22N6O3. The summed E-state index contributed by atoms with van der Waals surface area (Å²) >= 11 is 0. The van der Waals surface area contributed by atoms with E-state index in [0.717, 1.165) is 5.56 Å². The Bertz CT molecular complexity index is 1090. The molecule has 2 aromatic heterocycles. The topological polar surface area (TPSA) is 122 Å². The van der Waals surface area contributed by atoms with E-state index in [2.05, 4.69) is 25.7 Å². The van der Waals surface area contributed by atoms with Crippen LogP contribution in [0.5, 0.6) is 0 Å². The van der Waals surface area contributed by atoms with Gasteiger partial charge >= 0.3 is 11.8 Å². The number of carbonyl (C=O) groups is 2. The Hall–Kier alpha value is -3.75. The van der Waals surface area contributed by atoms with Crippen molar-refractivity contribution in [1.29, 1.82) is 0 Å². The van der Waals surface area contributed by atoms with Gasteiger partial charge in [0, 0.05) is 18.7 Å². The standard InChI is InChI=1S/C20H22N6O3/c1-12(2)15-10-17(27)24-20(22-15)26-16(9-13(3)25-26)23-19(29)18(28)21-11-14-7-5-4-6-8-14/h4-10,12H,11H2,1-3H3,(H,21,28)(H,23,29)(H,22,24,27). The van der Waals surface area contributed by atoms with Crippen molar-refractivity contribution in [3.63, 3.8) is 0 Å². The van der Waals surface area contributed by atoms with Gasteiger partial charge in [-0.3, -0.25) is 19.4 Å². The van der Waals surface area contributed by atoms with Crippen LogP contribution in [0.25, 0.3) is 5.95 Å². The van der Waals surface area contributed by atoms with Gasteiger partial charge in [-0.1, -0.05) is 44.2 Å². The van der Waals surface area contributed by atoms with E-state index >= 15 is 0 Å². The number of benzene rings is 1. The highest BCUT2D eigenvalue weighted by Gasteiger charge is 2.18. The molecule has 0 aliphatic heterocycles. The average molecular weight is 394 g/mol. The van der Waals surface area contributed by atoms with Crippen molar-refractivity contribution in [2.24, 2.45) is 0 Å². The van der Waals surface area contributed by atoms with Crippen LogP contribution in [0.1, 0.15) is 36.7 Å². The van der Waals surface area contributed by atoms with Gasteiger partial charge in [0.25, 0.3) is 5.56 Å². The minimum Gasteiger partial charge on any atom is -0.344 e. The van der Waals surface area contributed by atoms with Crippen LogP contribution in [0.2, 0.25) is 0 Å². The molecule has 0 radical (unpaired) electrons. The molecule has 0 saturated heterocycles. The summed E-state index contributed by atoms with van der Waals surface area (Å²) in [6.07, 6.45) is 0. The maximum absolute atomic E-state index is 12.3. The minimum absolute atomic E-state index is 0.0366. The normalized spacial score (nSPS) is 10.8. The van der Waals surface area contributed by atoms with E-state index in [1.165, 1.54) is 10.7 Å². The molecule has 9 heteroatoms. The van der Waals surface area contributed by atoms with Gasteiger partial charge in [0.2, 0.25) is 5.95 Å². The fourth-order valence-corrected chi connectivity index (χ4v) is 2.64. The Morgan fingerprint density at radius 3 is 2.55 bits per heavy atom. The Kier molecular flexibility index (Phi) is 5.87. The van der Waals surface area contributed by atoms with Gasteiger partial charge in [-0.25, -0.2) is 4.98 Å². The van der Waals surface area contributed by atoms with E-state index in [4.69, 9.17) is 0 Å². The third-order valence-corrected chi connectivity index (χ3v) is 4.12. The average Bonchev–Trinajstić information content (AvgIpc) is 3.06. The summed E-state index contributed by atoms with van der Waals surface area (Å²) in [4.78, 5) is 43.4. The molecule has 29 heavy (non-hydrogen) atoms. The quantitative estimate of drug-likeness (QED) is 0.568. The van der Waals surface area contributed by atoms with Crippen LogP contribution in [0.15, 0.2) is 47.3 Å². The van der Waals surface area contributed by atoms with E-state index in [-0.39, 0.29) is 29.8 Å². The number of aryl methyl sites for hydroxylation is 1. The minimum atomic E-state index is -0.843. The molecule has 0 bridgehead atoms. The van der Waals surface area contributed by atoms with E-state index in [1.807, 2.05) is 44.2 Å². The van der Waals surface area contributed by atoms with Crippen LogP contribution < -0.4 is 16.2 Å². The number of H-pyrrole nitrogens is 1. The maximum Gasteiger partial charge on any atom is 0.314 e. The number of nitrogens with one attached hydrogen (secondary N) is 3. The Morgan fingerprint density at radius 2 is 1.86 bits per heavy atom. The highest BCUT2D eigenvalue weighted by molar-refractivity contribution is 6.39. The molecule has 3 N–H and O–H groups in total. The third kappa shape index (κ3) is 4.95. The van der Waals surface area contributed by atoms with Gasteiger partial charge < -0.3 is 10.6 Å². The van der Waals surface area contributed by atoms with Gasteiger partial charge in [-0.2, -0.15) is 9.78 Å². The molecular weight excluding hydrogens is 372 g/mol. The number of nitrogens with zero attached hydrogens (tertiary/aromatic N) is 3. The number of anilines is 1. The fourth-order valence-electron chi connectivity index (χ4n) is 2.64. The maximum atomic E-state index is 12.3. The zero-order chi connectivity index (χ0) is 21.0. The second kappa shape index (κ2) is 8.51. The van der Waals surface area contributed by atoms with Crippen molar-refractivity contribution in [1.82, 2.24) is 25.1 Å². The summed E-state index contributed by atoms with van der Waals surface area (Å²) < 4.78 is 1.30. The lowest BCUT2D eigenvalue weighted by Gasteiger charge is -2.10. The van der Waals surface area contributed by atoms with E-state index in [1.54, 1.807) is 13.0 Å². The number of carbonyl (C=O) groups excluding carboxylic acids is 2. The van der Waals surface area contributed by atoms with Crippen LogP contribution in [0.3, 0.4) is 0 Å². The smallest absolute Gasteiger partial charge is 0.314 e. The molecule has 9 nitrogen and oxygen atoms in total. The lowest BCUT2D eigenvalue weighted by molar-refractivity contribution is -0.136. The summed E-state index contributed by atoms with van der Waals surface area (Å²) in [5, 5.41) is 9.35. The predicted octanol–water partition coefficient (Wildman–Crippen LogP) is 1.64.